The van der Waals surface area contributed by atoms with E-state index in [1.54, 1.807) is 0 Å². The Labute approximate surface area is 139 Å². The molecule has 0 unspecified atom stereocenters. The van der Waals surface area contributed by atoms with Gasteiger partial charge in [-0.05, 0) is 73.8 Å². The summed E-state index contributed by atoms with van der Waals surface area (Å²) in [4.78, 5) is 0. The van der Waals surface area contributed by atoms with E-state index in [0.717, 1.165) is 42.1 Å². The summed E-state index contributed by atoms with van der Waals surface area (Å²) in [7, 11) is 0. The molecule has 1 aromatic carbocycles. The van der Waals surface area contributed by atoms with Gasteiger partial charge in [-0.3, -0.25) is 0 Å². The maximum atomic E-state index is 8.59. The van der Waals surface area contributed by atoms with Crippen LogP contribution in [0.2, 0.25) is 0 Å². The van der Waals surface area contributed by atoms with Gasteiger partial charge in [-0.25, -0.2) is 0 Å². The first-order valence-corrected chi connectivity index (χ1v) is 9.08. The van der Waals surface area contributed by atoms with Gasteiger partial charge in [-0.1, -0.05) is 28.1 Å². The number of fused-ring (bicyclic) bond motifs is 2. The first-order chi connectivity index (χ1) is 10.7. The van der Waals surface area contributed by atoms with Crippen molar-refractivity contribution in [2.45, 2.75) is 51.5 Å². The SMILES string of the molecule is N=c1c2c(n(Cc3ccc(Br)cc3)c3c1CCC3)CCCC2. The molecule has 2 aliphatic carbocycles. The summed E-state index contributed by atoms with van der Waals surface area (Å²) in [6, 6.07) is 8.67. The van der Waals surface area contributed by atoms with Gasteiger partial charge in [0.2, 0.25) is 0 Å². The van der Waals surface area contributed by atoms with Crippen LogP contribution in [0.1, 0.15) is 47.3 Å². The zero-order chi connectivity index (χ0) is 15.1. The lowest BCUT2D eigenvalue weighted by atomic mass is 9.92. The van der Waals surface area contributed by atoms with Crippen LogP contribution in [0.5, 0.6) is 0 Å². The molecule has 2 aromatic rings. The van der Waals surface area contributed by atoms with Crippen molar-refractivity contribution in [2.75, 3.05) is 0 Å². The summed E-state index contributed by atoms with van der Waals surface area (Å²) in [6.07, 6.45) is 8.21. The van der Waals surface area contributed by atoms with E-state index < -0.39 is 0 Å². The monoisotopic (exact) mass is 356 g/mol. The largest absolute Gasteiger partial charge is 0.344 e. The van der Waals surface area contributed by atoms with Crippen molar-refractivity contribution in [3.63, 3.8) is 0 Å². The molecule has 0 saturated heterocycles. The molecule has 2 nitrogen and oxygen atoms in total. The fourth-order valence-corrected chi connectivity index (χ4v) is 4.32. The van der Waals surface area contributed by atoms with Crippen molar-refractivity contribution in [1.29, 1.82) is 5.41 Å². The molecule has 0 radical (unpaired) electrons. The van der Waals surface area contributed by atoms with Gasteiger partial charge in [-0.2, -0.15) is 0 Å². The number of nitrogens with zero attached hydrogens (tertiary/aromatic N) is 1. The van der Waals surface area contributed by atoms with Crippen molar-refractivity contribution >= 4 is 15.9 Å². The van der Waals surface area contributed by atoms with Crippen LogP contribution in [0.4, 0.5) is 0 Å². The summed E-state index contributed by atoms with van der Waals surface area (Å²) in [6.45, 7) is 0.957. The molecule has 0 aliphatic heterocycles. The number of halogens is 1. The van der Waals surface area contributed by atoms with Gasteiger partial charge >= 0.3 is 0 Å². The predicted octanol–water partition coefficient (Wildman–Crippen LogP) is 4.15. The molecule has 0 fully saturated rings. The Balaban J connectivity index is 1.86. The molecular formula is C19H21BrN2. The highest BCUT2D eigenvalue weighted by atomic mass is 79.9. The molecule has 0 atom stereocenters. The van der Waals surface area contributed by atoms with Gasteiger partial charge in [0.05, 0.1) is 5.36 Å². The van der Waals surface area contributed by atoms with Crippen LogP contribution in [-0.4, -0.2) is 4.57 Å². The summed E-state index contributed by atoms with van der Waals surface area (Å²) < 4.78 is 3.69. The lowest BCUT2D eigenvalue weighted by Crippen LogP contribution is -2.27. The Morgan fingerprint density at radius 1 is 0.864 bits per heavy atom. The average Bonchev–Trinajstić information content (AvgIpc) is 3.03. The molecule has 3 heteroatoms. The minimum atomic E-state index is 0.870. The minimum Gasteiger partial charge on any atom is -0.344 e. The summed E-state index contributed by atoms with van der Waals surface area (Å²) in [5, 5.41) is 9.46. The Kier molecular flexibility index (Phi) is 3.69. The molecule has 4 rings (SSSR count). The molecule has 0 saturated carbocycles. The number of aromatic nitrogens is 1. The number of benzene rings is 1. The van der Waals surface area contributed by atoms with E-state index in [9.17, 15) is 0 Å². The fraction of sp³-hybridized carbons (Fsp3) is 0.421. The van der Waals surface area contributed by atoms with Gasteiger partial charge in [0.25, 0.3) is 0 Å². The second kappa shape index (κ2) is 5.69. The van der Waals surface area contributed by atoms with E-state index >= 15 is 0 Å². The first kappa shape index (κ1) is 14.3. The van der Waals surface area contributed by atoms with Crippen LogP contribution < -0.4 is 5.36 Å². The minimum absolute atomic E-state index is 0.870. The lowest BCUT2D eigenvalue weighted by Gasteiger charge is -2.26. The summed E-state index contributed by atoms with van der Waals surface area (Å²) >= 11 is 3.52. The highest BCUT2D eigenvalue weighted by Crippen LogP contribution is 2.27. The molecule has 1 N–H and O–H groups in total. The van der Waals surface area contributed by atoms with Crippen molar-refractivity contribution < 1.29 is 0 Å². The quantitative estimate of drug-likeness (QED) is 0.837. The molecule has 1 aromatic heterocycles. The van der Waals surface area contributed by atoms with Crippen LogP contribution in [-0.2, 0) is 32.2 Å². The molecule has 22 heavy (non-hydrogen) atoms. The molecule has 114 valence electrons. The van der Waals surface area contributed by atoms with Crippen molar-refractivity contribution in [1.82, 2.24) is 4.57 Å². The van der Waals surface area contributed by atoms with E-state index in [-0.39, 0.29) is 0 Å². The average molecular weight is 357 g/mol. The van der Waals surface area contributed by atoms with E-state index in [1.165, 1.54) is 47.3 Å². The zero-order valence-corrected chi connectivity index (χ0v) is 14.4. The van der Waals surface area contributed by atoms with Gasteiger partial charge in [0.1, 0.15) is 0 Å². The molecular weight excluding hydrogens is 336 g/mol. The number of pyridine rings is 1. The molecule has 0 bridgehead atoms. The maximum Gasteiger partial charge on any atom is 0.0638 e. The second-order valence-corrected chi connectivity index (χ2v) is 7.41. The predicted molar refractivity (Wildman–Crippen MR) is 92.2 cm³/mol. The molecule has 0 amide bonds. The second-order valence-electron chi connectivity index (χ2n) is 6.50. The maximum absolute atomic E-state index is 8.59. The Hall–Kier alpha value is -1.35. The molecule has 1 heterocycles. The normalized spacial score (nSPS) is 16.4. The Morgan fingerprint density at radius 3 is 2.18 bits per heavy atom. The van der Waals surface area contributed by atoms with E-state index in [1.807, 2.05) is 0 Å². The third-order valence-corrected chi connectivity index (χ3v) is 5.67. The smallest absolute Gasteiger partial charge is 0.0638 e. The van der Waals surface area contributed by atoms with Crippen LogP contribution in [0.25, 0.3) is 0 Å². The molecule has 0 spiro atoms. The van der Waals surface area contributed by atoms with Crippen molar-refractivity contribution in [2.24, 2.45) is 0 Å². The van der Waals surface area contributed by atoms with Gasteiger partial charge in [0, 0.05) is 22.4 Å². The number of hydrogen-bond acceptors (Lipinski definition) is 1. The number of hydrogen-bond donors (Lipinski definition) is 1. The van der Waals surface area contributed by atoms with Crippen molar-refractivity contribution in [3.05, 3.63) is 62.2 Å². The van der Waals surface area contributed by atoms with Crippen molar-refractivity contribution in [3.8, 4) is 0 Å². The van der Waals surface area contributed by atoms with E-state index in [0.29, 0.717) is 0 Å². The highest BCUT2D eigenvalue weighted by Gasteiger charge is 2.24. The highest BCUT2D eigenvalue weighted by molar-refractivity contribution is 9.10. The number of nitrogens with one attached hydrogen (secondary N) is 1. The Morgan fingerprint density at radius 2 is 1.45 bits per heavy atom. The standard InChI is InChI=1S/C19H21BrN2/c20-14-10-8-13(9-11-14)12-22-17-6-2-1-4-15(17)19(21)16-5-3-7-18(16)22/h8-11,21H,1-7,12H2. The van der Waals surface area contributed by atoms with Crippen LogP contribution in [0, 0.1) is 5.41 Å². The molecule has 2 aliphatic rings. The van der Waals surface area contributed by atoms with Crippen LogP contribution in [0.3, 0.4) is 0 Å². The lowest BCUT2D eigenvalue weighted by molar-refractivity contribution is 0.590. The van der Waals surface area contributed by atoms with Gasteiger partial charge < -0.3 is 9.98 Å². The first-order valence-electron chi connectivity index (χ1n) is 8.29. The zero-order valence-electron chi connectivity index (χ0n) is 12.8. The Bertz CT molecular complexity index is 772. The van der Waals surface area contributed by atoms with Gasteiger partial charge in [-0.15, -0.1) is 0 Å². The van der Waals surface area contributed by atoms with Crippen LogP contribution in [0.15, 0.2) is 28.7 Å². The topological polar surface area (TPSA) is 28.8 Å². The van der Waals surface area contributed by atoms with E-state index in [2.05, 4.69) is 44.8 Å². The van der Waals surface area contributed by atoms with E-state index in [4.69, 9.17) is 5.41 Å². The fourth-order valence-electron chi connectivity index (χ4n) is 4.06. The summed E-state index contributed by atoms with van der Waals surface area (Å²) in [5.41, 5.74) is 6.91. The summed E-state index contributed by atoms with van der Waals surface area (Å²) in [5.74, 6) is 0. The van der Waals surface area contributed by atoms with Crippen LogP contribution >= 0.6 is 15.9 Å². The van der Waals surface area contributed by atoms with Gasteiger partial charge in [0.15, 0.2) is 0 Å². The number of rotatable bonds is 2. The third kappa shape index (κ3) is 2.36. The third-order valence-electron chi connectivity index (χ3n) is 5.14.